The summed E-state index contributed by atoms with van der Waals surface area (Å²) in [6.45, 7) is 10.4. The Bertz CT molecular complexity index is 96.7. The Hall–Kier alpha value is 0.247. The van der Waals surface area contributed by atoms with Gasteiger partial charge in [-0.05, 0) is 6.92 Å². The highest BCUT2D eigenvalue weighted by atomic mass is 35.5. The lowest BCUT2D eigenvalue weighted by molar-refractivity contribution is 1.54. The minimum atomic E-state index is -1.18. The molecule has 0 saturated heterocycles. The second-order valence-corrected chi connectivity index (χ2v) is 8.49. The van der Waals surface area contributed by atoms with Crippen molar-refractivity contribution < 1.29 is 0 Å². The van der Waals surface area contributed by atoms with E-state index in [4.69, 9.17) is 11.6 Å². The molecular formula is C6H13ClSi. The van der Waals surface area contributed by atoms with Crippen molar-refractivity contribution in [1.82, 2.24) is 0 Å². The van der Waals surface area contributed by atoms with Crippen LogP contribution in [0.4, 0.5) is 0 Å². The summed E-state index contributed by atoms with van der Waals surface area (Å²) in [5, 5.41) is 1.28. The molecule has 0 saturated carbocycles. The molecule has 0 heterocycles. The fourth-order valence-corrected chi connectivity index (χ4v) is 1.03. The summed E-state index contributed by atoms with van der Waals surface area (Å²) in [6.07, 6.45) is 0. The molecule has 0 bridgehead atoms. The van der Waals surface area contributed by atoms with Crippen LogP contribution in [0.1, 0.15) is 6.92 Å². The Morgan fingerprint density at radius 3 is 2.00 bits per heavy atom. The number of hydrogen-bond donors (Lipinski definition) is 0. The fourth-order valence-electron chi connectivity index (χ4n) is 0.114. The van der Waals surface area contributed by atoms with E-state index < -0.39 is 8.07 Å². The van der Waals surface area contributed by atoms with Crippen molar-refractivity contribution in [2.24, 2.45) is 0 Å². The van der Waals surface area contributed by atoms with Crippen LogP contribution in [0.25, 0.3) is 0 Å². The van der Waals surface area contributed by atoms with Gasteiger partial charge >= 0.3 is 0 Å². The molecule has 0 N–H and O–H groups in total. The van der Waals surface area contributed by atoms with Crippen molar-refractivity contribution in [1.29, 1.82) is 0 Å². The summed E-state index contributed by atoms with van der Waals surface area (Å²) in [7, 11) is -1.18. The van der Waals surface area contributed by atoms with Gasteiger partial charge in [-0.25, -0.2) is 0 Å². The lowest BCUT2D eigenvalue weighted by atomic mass is 10.8. The van der Waals surface area contributed by atoms with Gasteiger partial charge in [0.2, 0.25) is 0 Å². The molecule has 0 radical (unpaired) electrons. The molecule has 0 spiro atoms. The monoisotopic (exact) mass is 148 g/mol. The van der Waals surface area contributed by atoms with Gasteiger partial charge in [0, 0.05) is 5.50 Å². The first kappa shape index (κ1) is 8.25. The van der Waals surface area contributed by atoms with E-state index in [0.29, 0.717) is 0 Å². The number of halogens is 1. The second-order valence-electron chi connectivity index (χ2n) is 2.80. The van der Waals surface area contributed by atoms with E-state index in [1.54, 1.807) is 0 Å². The van der Waals surface area contributed by atoms with Crippen molar-refractivity contribution in [3.8, 4) is 0 Å². The minimum Gasteiger partial charge on any atom is -0.130 e. The van der Waals surface area contributed by atoms with Crippen LogP contribution < -0.4 is 0 Å². The average molecular weight is 149 g/mol. The molecular weight excluding hydrogens is 136 g/mol. The molecule has 48 valence electrons. The van der Waals surface area contributed by atoms with Gasteiger partial charge in [0.1, 0.15) is 0 Å². The highest BCUT2D eigenvalue weighted by molar-refractivity contribution is 6.88. The summed E-state index contributed by atoms with van der Waals surface area (Å²) in [5.74, 6) is 0. The lowest BCUT2D eigenvalue weighted by Crippen LogP contribution is -2.29. The SMILES string of the molecule is C=C(C)[Si](C)(C)CCl. The first-order valence-corrected chi connectivity index (χ1v) is 6.47. The maximum absolute atomic E-state index is 5.69. The van der Waals surface area contributed by atoms with Crippen LogP contribution in [0.15, 0.2) is 11.8 Å². The van der Waals surface area contributed by atoms with E-state index in [9.17, 15) is 0 Å². The molecule has 0 aliphatic carbocycles. The van der Waals surface area contributed by atoms with Crippen molar-refractivity contribution in [3.63, 3.8) is 0 Å². The van der Waals surface area contributed by atoms with Crippen LogP contribution in [0.5, 0.6) is 0 Å². The summed E-state index contributed by atoms with van der Waals surface area (Å²) >= 11 is 5.69. The molecule has 2 heteroatoms. The largest absolute Gasteiger partial charge is 0.130 e. The molecule has 8 heavy (non-hydrogen) atoms. The van der Waals surface area contributed by atoms with Gasteiger partial charge in [-0.15, -0.1) is 18.2 Å². The molecule has 0 aromatic rings. The van der Waals surface area contributed by atoms with E-state index in [0.717, 1.165) is 5.50 Å². The van der Waals surface area contributed by atoms with Crippen LogP contribution >= 0.6 is 11.6 Å². The van der Waals surface area contributed by atoms with E-state index in [-0.39, 0.29) is 0 Å². The van der Waals surface area contributed by atoms with Crippen LogP contribution in [0.3, 0.4) is 0 Å². The molecule has 0 aliphatic rings. The second kappa shape index (κ2) is 2.69. The van der Waals surface area contributed by atoms with Crippen LogP contribution in [0, 0.1) is 0 Å². The maximum Gasteiger partial charge on any atom is 0.0897 e. The van der Waals surface area contributed by atoms with E-state index in [1.807, 2.05) is 0 Å². The summed E-state index contributed by atoms with van der Waals surface area (Å²) < 4.78 is 0. The average Bonchev–Trinajstić information content (AvgIpc) is 1.67. The predicted molar refractivity (Wildman–Crippen MR) is 43.0 cm³/mol. The minimum absolute atomic E-state index is 0.794. The third-order valence-electron chi connectivity index (χ3n) is 1.49. The van der Waals surface area contributed by atoms with Gasteiger partial charge in [-0.2, -0.15) is 0 Å². The first-order valence-electron chi connectivity index (χ1n) is 2.72. The molecule has 0 aromatic heterocycles. The van der Waals surface area contributed by atoms with Gasteiger partial charge in [0.25, 0.3) is 0 Å². The molecule has 0 aliphatic heterocycles. The maximum atomic E-state index is 5.69. The first-order chi connectivity index (χ1) is 3.50. The van der Waals surface area contributed by atoms with Crippen LogP contribution in [-0.2, 0) is 0 Å². The molecule has 0 aromatic carbocycles. The molecule has 0 unspecified atom stereocenters. The Morgan fingerprint density at radius 2 is 2.00 bits per heavy atom. The quantitative estimate of drug-likeness (QED) is 0.417. The third-order valence-corrected chi connectivity index (χ3v) is 6.47. The smallest absolute Gasteiger partial charge is 0.0897 e. The van der Waals surface area contributed by atoms with Gasteiger partial charge in [-0.3, -0.25) is 0 Å². The number of allylic oxidation sites excluding steroid dienone is 1. The van der Waals surface area contributed by atoms with Crippen molar-refractivity contribution in [3.05, 3.63) is 11.8 Å². The van der Waals surface area contributed by atoms with Crippen LogP contribution in [0.2, 0.25) is 13.1 Å². The molecule has 0 atom stereocenters. The summed E-state index contributed by atoms with van der Waals surface area (Å²) in [5.41, 5.74) is 0.794. The van der Waals surface area contributed by atoms with E-state index >= 15 is 0 Å². The number of hydrogen-bond acceptors (Lipinski definition) is 0. The third kappa shape index (κ3) is 2.01. The normalized spacial score (nSPS) is 11.5. The fraction of sp³-hybridized carbons (Fsp3) is 0.667. The zero-order valence-electron chi connectivity index (χ0n) is 5.79. The molecule has 0 amide bonds. The highest BCUT2D eigenvalue weighted by Crippen LogP contribution is 2.12. The van der Waals surface area contributed by atoms with Gasteiger partial charge in [0.15, 0.2) is 0 Å². The lowest BCUT2D eigenvalue weighted by Gasteiger charge is -2.17. The molecule has 0 nitrogen and oxygen atoms in total. The number of rotatable bonds is 2. The Labute approximate surface area is 57.6 Å². The van der Waals surface area contributed by atoms with Gasteiger partial charge in [-0.1, -0.05) is 18.3 Å². The summed E-state index contributed by atoms with van der Waals surface area (Å²) in [6, 6.07) is 0. The van der Waals surface area contributed by atoms with Crippen molar-refractivity contribution in [2.75, 3.05) is 5.50 Å². The van der Waals surface area contributed by atoms with Crippen molar-refractivity contribution in [2.45, 2.75) is 20.0 Å². The summed E-state index contributed by atoms with van der Waals surface area (Å²) in [4.78, 5) is 0. The standard InChI is InChI=1S/C6H13ClSi/c1-6(2)8(3,4)5-7/h1,5H2,2-4H3. The van der Waals surface area contributed by atoms with Gasteiger partial charge < -0.3 is 0 Å². The van der Waals surface area contributed by atoms with Crippen LogP contribution in [-0.4, -0.2) is 13.6 Å². The molecule has 0 rings (SSSR count). The Morgan fingerprint density at radius 1 is 1.62 bits per heavy atom. The van der Waals surface area contributed by atoms with E-state index in [1.165, 1.54) is 5.20 Å². The molecule has 0 fully saturated rings. The number of alkyl halides is 1. The highest BCUT2D eigenvalue weighted by Gasteiger charge is 2.18. The topological polar surface area (TPSA) is 0 Å². The zero-order valence-corrected chi connectivity index (χ0v) is 7.55. The Balaban J connectivity index is 3.91. The van der Waals surface area contributed by atoms with E-state index in [2.05, 4.69) is 26.6 Å². The predicted octanol–water partition coefficient (Wildman–Crippen LogP) is 2.59. The van der Waals surface area contributed by atoms with Gasteiger partial charge in [0.05, 0.1) is 8.07 Å². The Kier molecular flexibility index (Phi) is 2.78. The zero-order chi connectivity index (χ0) is 6.78. The van der Waals surface area contributed by atoms with Crippen molar-refractivity contribution >= 4 is 19.7 Å².